The minimum absolute atomic E-state index is 0. The van der Waals surface area contributed by atoms with E-state index in [1.807, 2.05) is 83.9 Å². The maximum atomic E-state index is 12.9. The van der Waals surface area contributed by atoms with Gasteiger partial charge in [-0.3, -0.25) is 0 Å². The van der Waals surface area contributed by atoms with Crippen molar-refractivity contribution < 1.29 is 65.3 Å². The molecule has 0 aliphatic heterocycles. The Hall–Kier alpha value is -5.85. The smallest absolute Gasteiger partial charge is 0.424 e. The Balaban J connectivity index is 0.000000210. The summed E-state index contributed by atoms with van der Waals surface area (Å²) < 4.78 is 73.2. The van der Waals surface area contributed by atoms with E-state index in [-0.39, 0.29) is 52.1 Å². The van der Waals surface area contributed by atoms with E-state index in [4.69, 9.17) is 48.8 Å². The fourth-order valence-electron chi connectivity index (χ4n) is 9.67. The molecule has 26 heteroatoms. The first-order valence-corrected chi connectivity index (χ1v) is 29.0. The van der Waals surface area contributed by atoms with Gasteiger partial charge in [0.25, 0.3) is 0 Å². The summed E-state index contributed by atoms with van der Waals surface area (Å²) in [7, 11) is -2.37. The number of para-hydroxylation sites is 2. The topological polar surface area (TPSA) is 301 Å². The third-order valence-corrected chi connectivity index (χ3v) is 15.9. The monoisotopic (exact) mass is 1220 g/mol. The molecule has 2 aliphatic carbocycles. The van der Waals surface area contributed by atoms with Gasteiger partial charge in [0.15, 0.2) is 32.3 Å². The van der Waals surface area contributed by atoms with Gasteiger partial charge < -0.3 is 38.8 Å². The number of nitrogen functional groups attached to an aromatic ring is 2. The SMILES string of the molecule is COCCOC1(C#N)CCC(c2nc3c(-c4cnn(-c5ccccc5)c4)cnn3c(N)c2I)CC1.COCCOC1(C#N)CCC(c2nc3c(-c4cnn(-c5ccccc5)c4)cnn3c(N)c2S(C)(=O)=O)CC1.C[S-](=O)=O.[Na+]. The average molecular weight is 1220 g/mol. The number of halogens is 1. The normalized spacial score (nSPS) is 19.2. The summed E-state index contributed by atoms with van der Waals surface area (Å²) in [6, 6.07) is 24.4. The van der Waals surface area contributed by atoms with Gasteiger partial charge in [0.1, 0.15) is 16.5 Å². The molecule has 8 aromatic rings. The summed E-state index contributed by atoms with van der Waals surface area (Å²) in [5.74, 6) is 0.564. The Kier molecular flexibility index (Phi) is 20.2. The van der Waals surface area contributed by atoms with Crippen LogP contribution >= 0.6 is 22.6 Å². The number of rotatable bonds is 15. The molecule has 0 amide bonds. The first-order chi connectivity index (χ1) is 37.0. The zero-order valence-electron chi connectivity index (χ0n) is 43.9. The van der Waals surface area contributed by atoms with Crippen LogP contribution in [0.15, 0.2) is 103 Å². The van der Waals surface area contributed by atoms with Gasteiger partial charge in [-0.2, -0.15) is 39.9 Å². The molecule has 6 aromatic heterocycles. The number of ether oxygens (including phenoxy) is 4. The van der Waals surface area contributed by atoms with Crippen molar-refractivity contribution in [3.63, 3.8) is 0 Å². The van der Waals surface area contributed by atoms with Crippen molar-refractivity contribution in [1.29, 1.82) is 10.5 Å². The first-order valence-electron chi connectivity index (χ1n) is 24.5. The number of hydrogen-bond acceptors (Lipinski definition) is 19. The summed E-state index contributed by atoms with van der Waals surface area (Å²) in [6.45, 7) is 1.60. The second-order valence-corrected chi connectivity index (χ2v) is 22.5. The van der Waals surface area contributed by atoms with Crippen LogP contribution in [0.2, 0.25) is 0 Å². The summed E-state index contributed by atoms with van der Waals surface area (Å²) in [5.41, 5.74) is 18.9. The molecule has 0 radical (unpaired) electrons. The van der Waals surface area contributed by atoms with Crippen LogP contribution in [0.1, 0.15) is 74.6 Å². The van der Waals surface area contributed by atoms with Crippen LogP contribution in [-0.4, -0.2) is 122 Å². The van der Waals surface area contributed by atoms with E-state index in [0.717, 1.165) is 62.7 Å². The third kappa shape index (κ3) is 13.4. The van der Waals surface area contributed by atoms with E-state index in [0.29, 0.717) is 93.3 Å². The molecule has 2 fully saturated rings. The number of fused-ring (bicyclic) bond motifs is 2. The third-order valence-electron chi connectivity index (χ3n) is 13.6. The van der Waals surface area contributed by atoms with Crippen molar-refractivity contribution in [2.24, 2.45) is 0 Å². The second-order valence-electron chi connectivity index (χ2n) is 18.6. The summed E-state index contributed by atoms with van der Waals surface area (Å²) in [4.78, 5) is 9.89. The summed E-state index contributed by atoms with van der Waals surface area (Å²) in [5, 5.41) is 37.5. The molecule has 2 aliphatic rings. The van der Waals surface area contributed by atoms with Crippen LogP contribution in [0.3, 0.4) is 0 Å². The zero-order chi connectivity index (χ0) is 54.9. The minimum atomic E-state index is -3.72. The number of hydrogen-bond donors (Lipinski definition) is 2. The van der Waals surface area contributed by atoms with Gasteiger partial charge in [-0.05, 0) is 98.2 Å². The molecule has 0 spiro atoms. The second kappa shape index (κ2) is 26.4. The number of anilines is 2. The molecule has 6 heterocycles. The van der Waals surface area contributed by atoms with Gasteiger partial charge in [-0.15, -0.1) is 0 Å². The summed E-state index contributed by atoms with van der Waals surface area (Å²) in [6.07, 6.45) is 17.8. The predicted octanol–water partition coefficient (Wildman–Crippen LogP) is 4.43. The minimum Gasteiger partial charge on any atom is -0.424 e. The number of nitrogens with zero attached hydrogens (tertiary/aromatic N) is 12. The van der Waals surface area contributed by atoms with Crippen molar-refractivity contribution in [3.05, 3.63) is 113 Å². The zero-order valence-corrected chi connectivity index (χ0v) is 49.6. The van der Waals surface area contributed by atoms with Gasteiger partial charge >= 0.3 is 29.6 Å². The Morgan fingerprint density at radius 3 is 1.46 bits per heavy atom. The Bertz CT molecular complexity index is 3610. The van der Waals surface area contributed by atoms with E-state index in [1.165, 1.54) is 4.52 Å². The summed E-state index contributed by atoms with van der Waals surface area (Å²) >= 11 is 2.26. The van der Waals surface area contributed by atoms with Crippen molar-refractivity contribution in [2.45, 2.75) is 79.3 Å². The Morgan fingerprint density at radius 2 is 1.06 bits per heavy atom. The number of sulfone groups is 1. The van der Waals surface area contributed by atoms with Gasteiger partial charge in [0, 0.05) is 67.0 Å². The van der Waals surface area contributed by atoms with E-state index in [2.05, 4.69) is 55.1 Å². The van der Waals surface area contributed by atoms with Crippen LogP contribution in [0.25, 0.3) is 44.9 Å². The maximum absolute atomic E-state index is 12.9. The number of methoxy groups -OCH3 is 2. The van der Waals surface area contributed by atoms with Gasteiger partial charge in [-0.1, -0.05) is 53.4 Å². The number of benzene rings is 2. The predicted molar refractivity (Wildman–Crippen MR) is 295 cm³/mol. The van der Waals surface area contributed by atoms with Gasteiger partial charge in [0.2, 0.25) is 0 Å². The standard InChI is InChI=1S/C26H29N7O4S.C25H26IN7O2.CH3O2S.Na/c1-36-12-13-37-26(17-27)10-8-18(9-11-26)22-23(38(2,34)35)24(28)33-25(31-22)21(15-30-33)19-14-29-32(16-19)20-6-4-3-5-7-20;1-34-11-12-35-25(16-27)9-7-17(8-10-25)22-21(26)23(28)33-24(31-22)20(14-30-33)18-13-29-32(15-18)19-5-3-2-4-6-19;1-4(2)3;/h3-7,14-16,18H,8-13,28H2,1-2H3;2-6,13-15,17H,7-12,28H2,1H3;1H3;/q;;-1;+1. The molecule has 0 saturated heterocycles. The molecule has 0 unspecified atom stereocenters. The number of nitrogens with two attached hydrogens (primary N) is 2. The molecule has 4 N–H and O–H groups in total. The molecule has 22 nitrogen and oxygen atoms in total. The Labute approximate surface area is 489 Å². The molecule has 404 valence electrons. The van der Waals surface area contributed by atoms with E-state index >= 15 is 0 Å². The number of aromatic nitrogens is 10. The first kappa shape index (κ1) is 59.8. The van der Waals surface area contributed by atoms with Crippen LogP contribution in [0, 0.1) is 26.2 Å². The van der Waals surface area contributed by atoms with Crippen molar-refractivity contribution in [3.8, 4) is 45.8 Å². The molecule has 2 saturated carbocycles. The van der Waals surface area contributed by atoms with Crippen molar-refractivity contribution in [2.75, 3.05) is 64.6 Å². The van der Waals surface area contributed by atoms with E-state index in [9.17, 15) is 18.9 Å². The van der Waals surface area contributed by atoms with Crippen molar-refractivity contribution in [1.82, 2.24) is 48.8 Å². The van der Waals surface area contributed by atoms with Crippen molar-refractivity contribution >= 4 is 66.1 Å². The van der Waals surface area contributed by atoms with E-state index < -0.39 is 31.7 Å². The average Bonchev–Trinajstić information content (AvgIpc) is 4.32. The maximum Gasteiger partial charge on any atom is 1.00 e. The molecule has 78 heavy (non-hydrogen) atoms. The van der Waals surface area contributed by atoms with Crippen LogP contribution in [0.5, 0.6) is 0 Å². The fraction of sp³-hybridized carbons (Fsp3) is 0.385. The Morgan fingerprint density at radius 1 is 0.667 bits per heavy atom. The van der Waals surface area contributed by atoms with Crippen LogP contribution in [0.4, 0.5) is 11.6 Å². The fourth-order valence-corrected chi connectivity index (χ4v) is 11.5. The van der Waals surface area contributed by atoms with E-state index in [1.54, 1.807) is 42.0 Å². The molecule has 0 bridgehead atoms. The molecule has 10 rings (SSSR count). The number of nitriles is 2. The quantitative estimate of drug-likeness (QED) is 0.0621. The molecule has 2 aromatic carbocycles. The van der Waals surface area contributed by atoms with Crippen LogP contribution < -0.4 is 41.0 Å². The van der Waals surface area contributed by atoms with Gasteiger partial charge in [0.05, 0.1) is 89.7 Å². The molecular formula is C52H58IN14NaO8S2. The largest absolute Gasteiger partial charge is 1.00 e. The molecular weight excluding hydrogens is 1160 g/mol. The van der Waals surface area contributed by atoms with Gasteiger partial charge in [-0.25, -0.2) is 27.7 Å². The molecule has 0 atom stereocenters. The van der Waals surface area contributed by atoms with Crippen LogP contribution in [-0.2, 0) is 47.9 Å².